The molecule has 0 aliphatic carbocycles. The fraction of sp³-hybridized carbons (Fsp3) is 0.241. The van der Waals surface area contributed by atoms with E-state index in [4.69, 9.17) is 9.15 Å². The van der Waals surface area contributed by atoms with Crippen molar-refractivity contribution in [1.82, 2.24) is 4.72 Å². The van der Waals surface area contributed by atoms with Gasteiger partial charge in [0.25, 0.3) is 0 Å². The number of fused-ring (bicyclic) bond motifs is 1. The Hall–Kier alpha value is -3.75. The van der Waals surface area contributed by atoms with Gasteiger partial charge in [-0.15, -0.1) is 0 Å². The monoisotopic (exact) mass is 519 g/mol. The lowest BCUT2D eigenvalue weighted by molar-refractivity contribution is -0.136. The lowest BCUT2D eigenvalue weighted by Crippen LogP contribution is -2.44. The van der Waals surface area contributed by atoms with Gasteiger partial charge in [0.15, 0.2) is 0 Å². The molecule has 37 heavy (non-hydrogen) atoms. The van der Waals surface area contributed by atoms with Crippen molar-refractivity contribution in [2.75, 3.05) is 0 Å². The third kappa shape index (κ3) is 6.72. The van der Waals surface area contributed by atoms with E-state index in [9.17, 15) is 18.0 Å². The maximum absolute atomic E-state index is 13.2. The average Bonchev–Trinajstić information content (AvgIpc) is 2.87. The number of rotatable bonds is 10. The molecule has 0 fully saturated rings. The summed E-state index contributed by atoms with van der Waals surface area (Å²) in [7, 11) is -4.00. The van der Waals surface area contributed by atoms with Crippen molar-refractivity contribution >= 4 is 27.0 Å². The fourth-order valence-corrected chi connectivity index (χ4v) is 5.22. The van der Waals surface area contributed by atoms with Gasteiger partial charge in [-0.1, -0.05) is 61.4 Å². The second-order valence-corrected chi connectivity index (χ2v) is 10.7. The molecule has 0 aliphatic rings. The molecule has 0 saturated carbocycles. The first-order chi connectivity index (χ1) is 17.7. The minimum Gasteiger partial charge on any atom is -0.425 e. The number of hydrogen-bond donors (Lipinski definition) is 1. The number of ether oxygens (including phenoxy) is 1. The number of sulfonamides is 1. The molecule has 4 rings (SSSR count). The molecule has 4 aromatic rings. The normalized spacial score (nSPS) is 12.4. The molecule has 1 atom stereocenters. The number of nitrogens with one attached hydrogen (secondary N) is 1. The van der Waals surface area contributed by atoms with E-state index in [0.29, 0.717) is 5.58 Å². The van der Waals surface area contributed by atoms with Crippen LogP contribution in [0.15, 0.2) is 93.0 Å². The number of unbranched alkanes of at least 4 members (excludes halogenated alkanes) is 1. The lowest BCUT2D eigenvalue weighted by atomic mass is 10.0. The predicted octanol–water partition coefficient (Wildman–Crippen LogP) is 4.94. The Morgan fingerprint density at radius 1 is 1.00 bits per heavy atom. The van der Waals surface area contributed by atoms with E-state index < -0.39 is 27.7 Å². The average molecular weight is 520 g/mol. The Bertz CT molecular complexity index is 1540. The largest absolute Gasteiger partial charge is 0.425 e. The summed E-state index contributed by atoms with van der Waals surface area (Å²) < 4.78 is 39.6. The summed E-state index contributed by atoms with van der Waals surface area (Å²) >= 11 is 0. The molecule has 192 valence electrons. The summed E-state index contributed by atoms with van der Waals surface area (Å²) in [5.41, 5.74) is 2.39. The number of benzene rings is 3. The van der Waals surface area contributed by atoms with Crippen molar-refractivity contribution in [2.45, 2.75) is 50.5 Å². The molecule has 1 aromatic heterocycles. The van der Waals surface area contributed by atoms with E-state index in [1.54, 1.807) is 24.3 Å². The van der Waals surface area contributed by atoms with E-state index >= 15 is 0 Å². The second-order valence-electron chi connectivity index (χ2n) is 8.95. The Kier molecular flexibility index (Phi) is 8.21. The summed E-state index contributed by atoms with van der Waals surface area (Å²) in [6.45, 7) is 3.93. The van der Waals surface area contributed by atoms with Gasteiger partial charge in [0.05, 0.1) is 4.90 Å². The smallest absolute Gasteiger partial charge is 0.336 e. The van der Waals surface area contributed by atoms with Crippen LogP contribution in [0.1, 0.15) is 36.5 Å². The zero-order valence-electron chi connectivity index (χ0n) is 20.8. The third-order valence-electron chi connectivity index (χ3n) is 6.02. The zero-order chi connectivity index (χ0) is 26.4. The SMILES string of the molecule is CCCCc1cc(=O)oc2cc(OC(=O)[C@@H](Cc3ccccc3)NS(=O)(=O)c3ccc(C)cc3)ccc12. The predicted molar refractivity (Wildman–Crippen MR) is 142 cm³/mol. The Balaban J connectivity index is 1.61. The van der Waals surface area contributed by atoms with E-state index in [1.165, 1.54) is 24.3 Å². The Morgan fingerprint density at radius 2 is 1.73 bits per heavy atom. The van der Waals surface area contributed by atoms with Crippen LogP contribution < -0.4 is 15.1 Å². The van der Waals surface area contributed by atoms with Crippen LogP contribution in [0.3, 0.4) is 0 Å². The minimum absolute atomic E-state index is 0.0519. The zero-order valence-corrected chi connectivity index (χ0v) is 21.6. The third-order valence-corrected chi connectivity index (χ3v) is 7.50. The van der Waals surface area contributed by atoms with E-state index in [1.807, 2.05) is 37.3 Å². The van der Waals surface area contributed by atoms with Crippen LogP contribution in [-0.2, 0) is 27.7 Å². The van der Waals surface area contributed by atoms with Crippen LogP contribution in [0.2, 0.25) is 0 Å². The highest BCUT2D eigenvalue weighted by atomic mass is 32.2. The molecule has 1 heterocycles. The molecule has 0 saturated heterocycles. The summed E-state index contributed by atoms with van der Waals surface area (Å²) in [5.74, 6) is -0.621. The molecule has 0 aliphatic heterocycles. The summed E-state index contributed by atoms with van der Waals surface area (Å²) in [6, 6.07) is 20.6. The Morgan fingerprint density at radius 3 is 2.43 bits per heavy atom. The number of carbonyl (C=O) groups excluding carboxylic acids is 1. The molecule has 0 unspecified atom stereocenters. The Labute approximate surface area is 216 Å². The van der Waals surface area contributed by atoms with Crippen LogP contribution in [0.4, 0.5) is 0 Å². The molecule has 0 bridgehead atoms. The van der Waals surface area contributed by atoms with Gasteiger partial charge in [-0.05, 0) is 61.6 Å². The lowest BCUT2D eigenvalue weighted by Gasteiger charge is -2.18. The molecule has 0 spiro atoms. The van der Waals surface area contributed by atoms with Gasteiger partial charge in [0.1, 0.15) is 17.4 Å². The fourth-order valence-electron chi connectivity index (χ4n) is 4.03. The van der Waals surface area contributed by atoms with Crippen molar-refractivity contribution in [1.29, 1.82) is 0 Å². The van der Waals surface area contributed by atoms with Gasteiger partial charge >= 0.3 is 11.6 Å². The molecule has 0 radical (unpaired) electrons. The number of carbonyl (C=O) groups is 1. The minimum atomic E-state index is -4.00. The first kappa shape index (κ1) is 26.3. The topological polar surface area (TPSA) is 103 Å². The van der Waals surface area contributed by atoms with Crippen molar-refractivity contribution in [3.05, 3.63) is 106 Å². The highest BCUT2D eigenvalue weighted by molar-refractivity contribution is 7.89. The second kappa shape index (κ2) is 11.5. The van der Waals surface area contributed by atoms with Crippen molar-refractivity contribution in [3.63, 3.8) is 0 Å². The van der Waals surface area contributed by atoms with Gasteiger partial charge in [0.2, 0.25) is 10.0 Å². The van der Waals surface area contributed by atoms with E-state index in [2.05, 4.69) is 11.6 Å². The van der Waals surface area contributed by atoms with Crippen molar-refractivity contribution in [3.8, 4) is 5.75 Å². The van der Waals surface area contributed by atoms with Crippen LogP contribution in [0, 0.1) is 6.92 Å². The highest BCUT2D eigenvalue weighted by Crippen LogP contribution is 2.24. The summed E-state index contributed by atoms with van der Waals surface area (Å²) in [4.78, 5) is 25.4. The van der Waals surface area contributed by atoms with E-state index in [-0.39, 0.29) is 17.1 Å². The van der Waals surface area contributed by atoms with Gasteiger partial charge in [-0.3, -0.25) is 0 Å². The maximum atomic E-state index is 13.2. The standard InChI is InChI=1S/C29H29NO6S/c1-3-4-10-22-18-28(31)36-27-19-23(13-16-25(22)27)35-29(32)26(17-21-8-6-5-7-9-21)30-37(33,34)24-14-11-20(2)12-15-24/h5-9,11-16,18-19,26,30H,3-4,10,17H2,1-2H3/t26-/m1/s1. The van der Waals surface area contributed by atoms with Crippen LogP contribution in [0.5, 0.6) is 5.75 Å². The highest BCUT2D eigenvalue weighted by Gasteiger charge is 2.28. The molecule has 3 aromatic carbocycles. The number of esters is 1. The maximum Gasteiger partial charge on any atom is 0.336 e. The van der Waals surface area contributed by atoms with Crippen LogP contribution >= 0.6 is 0 Å². The molecule has 0 amide bonds. The molecular weight excluding hydrogens is 490 g/mol. The quantitative estimate of drug-likeness (QED) is 0.181. The summed E-state index contributed by atoms with van der Waals surface area (Å²) in [6.07, 6.45) is 2.74. The van der Waals surface area contributed by atoms with E-state index in [0.717, 1.165) is 41.3 Å². The molecular formula is C29H29NO6S. The number of aryl methyl sites for hydroxylation is 2. The van der Waals surface area contributed by atoms with Gasteiger partial charge in [-0.25, -0.2) is 18.0 Å². The first-order valence-corrected chi connectivity index (χ1v) is 13.6. The summed E-state index contributed by atoms with van der Waals surface area (Å²) in [5, 5.41) is 0.772. The molecule has 1 N–H and O–H groups in total. The van der Waals surface area contributed by atoms with Gasteiger partial charge in [-0.2, -0.15) is 4.72 Å². The van der Waals surface area contributed by atoms with Crippen LogP contribution in [0.25, 0.3) is 11.0 Å². The van der Waals surface area contributed by atoms with Gasteiger partial charge in [0, 0.05) is 17.5 Å². The first-order valence-electron chi connectivity index (χ1n) is 12.2. The molecule has 7 nitrogen and oxygen atoms in total. The molecule has 8 heteroatoms. The van der Waals surface area contributed by atoms with Crippen molar-refractivity contribution in [2.24, 2.45) is 0 Å². The van der Waals surface area contributed by atoms with Crippen molar-refractivity contribution < 1.29 is 22.4 Å². The number of hydrogen-bond acceptors (Lipinski definition) is 6. The van der Waals surface area contributed by atoms with Gasteiger partial charge < -0.3 is 9.15 Å². The van der Waals surface area contributed by atoms with Crippen LogP contribution in [-0.4, -0.2) is 20.4 Å².